The van der Waals surface area contributed by atoms with Gasteiger partial charge in [-0.05, 0) is 18.6 Å². The first-order chi connectivity index (χ1) is 7.33. The summed E-state index contributed by atoms with van der Waals surface area (Å²) in [6, 6.07) is 1.51. The Morgan fingerprint density at radius 3 is 2.62 bits per heavy atom. The van der Waals surface area contributed by atoms with Crippen molar-refractivity contribution in [3.05, 3.63) is 17.8 Å². The quantitative estimate of drug-likeness (QED) is 0.790. The third-order valence-electron chi connectivity index (χ3n) is 1.91. The highest BCUT2D eigenvalue weighted by Gasteiger charge is 2.40. The Bertz CT molecular complexity index is 368. The topological polar surface area (TPSA) is 50.9 Å². The van der Waals surface area contributed by atoms with E-state index in [1.54, 1.807) is 6.92 Å². The summed E-state index contributed by atoms with van der Waals surface area (Å²) in [4.78, 5) is 3.73. The second-order valence-corrected chi connectivity index (χ2v) is 3.35. The third kappa shape index (κ3) is 2.98. The van der Waals surface area contributed by atoms with E-state index in [4.69, 9.17) is 5.73 Å². The number of rotatable bonds is 4. The molecule has 1 heterocycles. The molecule has 0 bridgehead atoms. The number of aryl methyl sites for hydroxylation is 1. The molecule has 0 saturated heterocycles. The maximum Gasteiger partial charge on any atom is 0.324 e. The van der Waals surface area contributed by atoms with E-state index < -0.39 is 18.9 Å². The molecule has 0 aliphatic heterocycles. The largest absolute Gasteiger partial charge is 0.397 e. The summed E-state index contributed by atoms with van der Waals surface area (Å²) in [6.07, 6.45) is -2.44. The zero-order valence-electron chi connectivity index (χ0n) is 8.48. The molecule has 1 aromatic rings. The van der Waals surface area contributed by atoms with Crippen LogP contribution in [0.3, 0.4) is 0 Å². The van der Waals surface area contributed by atoms with Gasteiger partial charge in [-0.25, -0.2) is 13.8 Å². The maximum absolute atomic E-state index is 12.6. The molecule has 1 rings (SSSR count). The second kappa shape index (κ2) is 4.54. The van der Waals surface area contributed by atoms with Crippen LogP contribution in [0.25, 0.3) is 0 Å². The van der Waals surface area contributed by atoms with Crippen LogP contribution in [0, 0.1) is 6.92 Å². The van der Waals surface area contributed by atoms with Crippen molar-refractivity contribution in [1.82, 2.24) is 4.98 Å². The van der Waals surface area contributed by atoms with Crippen LogP contribution in [0.4, 0.5) is 29.1 Å². The average molecular weight is 237 g/mol. The Labute approximate surface area is 89.7 Å². The minimum absolute atomic E-state index is 0.120. The molecular formula is C9H11F4N3. The molecule has 3 nitrogen and oxygen atoms in total. The first-order valence-corrected chi connectivity index (χ1v) is 4.45. The molecule has 0 aliphatic carbocycles. The standard InChI is InChI=1S/C9H11F4N3/c1-5-2-6(14)3-15-7(5)16-4-9(12,13)8(10)11/h2-3,8H,4,14H2,1H3,(H,15,16). The van der Waals surface area contributed by atoms with Crippen molar-refractivity contribution in [2.45, 2.75) is 19.3 Å². The van der Waals surface area contributed by atoms with Gasteiger partial charge >= 0.3 is 12.3 Å². The fourth-order valence-corrected chi connectivity index (χ4v) is 1.06. The Balaban J connectivity index is 2.68. The number of nitrogens with two attached hydrogens (primary N) is 1. The second-order valence-electron chi connectivity index (χ2n) is 3.35. The summed E-state index contributed by atoms with van der Waals surface area (Å²) < 4.78 is 48.9. The lowest BCUT2D eigenvalue weighted by Gasteiger charge is -2.17. The molecule has 0 radical (unpaired) electrons. The van der Waals surface area contributed by atoms with Crippen LogP contribution in [0.2, 0.25) is 0 Å². The van der Waals surface area contributed by atoms with Crippen molar-refractivity contribution in [2.24, 2.45) is 0 Å². The lowest BCUT2D eigenvalue weighted by molar-refractivity contribution is -0.117. The number of aromatic nitrogens is 1. The molecule has 16 heavy (non-hydrogen) atoms. The minimum Gasteiger partial charge on any atom is -0.397 e. The number of alkyl halides is 4. The molecule has 0 aromatic carbocycles. The van der Waals surface area contributed by atoms with E-state index in [2.05, 4.69) is 10.3 Å². The van der Waals surface area contributed by atoms with Crippen LogP contribution in [0.15, 0.2) is 12.3 Å². The molecular weight excluding hydrogens is 226 g/mol. The summed E-state index contributed by atoms with van der Waals surface area (Å²) >= 11 is 0. The number of hydrogen-bond donors (Lipinski definition) is 2. The Kier molecular flexibility index (Phi) is 3.56. The predicted octanol–water partition coefficient (Wildman–Crippen LogP) is 2.28. The van der Waals surface area contributed by atoms with Gasteiger partial charge in [-0.2, -0.15) is 8.78 Å². The van der Waals surface area contributed by atoms with E-state index in [-0.39, 0.29) is 5.82 Å². The van der Waals surface area contributed by atoms with Crippen molar-refractivity contribution >= 4 is 11.5 Å². The van der Waals surface area contributed by atoms with Crippen LogP contribution in [-0.4, -0.2) is 23.9 Å². The molecule has 3 N–H and O–H groups in total. The van der Waals surface area contributed by atoms with Gasteiger partial charge in [0.25, 0.3) is 0 Å². The number of nitrogen functional groups attached to an aromatic ring is 1. The van der Waals surface area contributed by atoms with Gasteiger partial charge in [-0.3, -0.25) is 0 Å². The van der Waals surface area contributed by atoms with Gasteiger partial charge in [0.15, 0.2) is 0 Å². The first kappa shape index (κ1) is 12.5. The lowest BCUT2D eigenvalue weighted by atomic mass is 10.2. The van der Waals surface area contributed by atoms with Gasteiger partial charge in [-0.15, -0.1) is 0 Å². The van der Waals surface area contributed by atoms with Gasteiger partial charge in [0.1, 0.15) is 5.82 Å². The fourth-order valence-electron chi connectivity index (χ4n) is 1.06. The molecule has 1 aromatic heterocycles. The molecule has 0 aliphatic rings. The summed E-state index contributed by atoms with van der Waals surface area (Å²) in [7, 11) is 0. The number of pyridine rings is 1. The molecule has 0 atom stereocenters. The molecule has 0 amide bonds. The zero-order valence-corrected chi connectivity index (χ0v) is 8.48. The zero-order chi connectivity index (χ0) is 12.3. The Morgan fingerprint density at radius 1 is 1.50 bits per heavy atom. The van der Waals surface area contributed by atoms with Crippen LogP contribution >= 0.6 is 0 Å². The highest BCUT2D eigenvalue weighted by atomic mass is 19.3. The average Bonchev–Trinajstić information content (AvgIpc) is 2.16. The summed E-state index contributed by atoms with van der Waals surface area (Å²) in [6.45, 7) is 0.425. The SMILES string of the molecule is Cc1cc(N)cnc1NCC(F)(F)C(F)F. The normalized spacial score (nSPS) is 11.9. The number of hydrogen-bond acceptors (Lipinski definition) is 3. The van der Waals surface area contributed by atoms with Gasteiger partial charge in [-0.1, -0.05) is 0 Å². The predicted molar refractivity (Wildman–Crippen MR) is 52.8 cm³/mol. The van der Waals surface area contributed by atoms with E-state index in [1.807, 2.05) is 0 Å². The minimum atomic E-state index is -4.07. The van der Waals surface area contributed by atoms with E-state index in [0.717, 1.165) is 0 Å². The van der Waals surface area contributed by atoms with Crippen LogP contribution in [0.5, 0.6) is 0 Å². The van der Waals surface area contributed by atoms with Gasteiger partial charge in [0.2, 0.25) is 0 Å². The Morgan fingerprint density at radius 2 is 2.12 bits per heavy atom. The monoisotopic (exact) mass is 237 g/mol. The smallest absolute Gasteiger partial charge is 0.324 e. The highest BCUT2D eigenvalue weighted by Crippen LogP contribution is 2.23. The maximum atomic E-state index is 12.6. The molecule has 0 saturated carbocycles. The van der Waals surface area contributed by atoms with Crippen molar-refractivity contribution in [3.63, 3.8) is 0 Å². The lowest BCUT2D eigenvalue weighted by Crippen LogP contribution is -2.35. The van der Waals surface area contributed by atoms with Crippen LogP contribution in [0.1, 0.15) is 5.56 Å². The Hall–Kier alpha value is -1.53. The number of anilines is 2. The summed E-state index contributed by atoms with van der Waals surface area (Å²) in [5.74, 6) is -3.95. The van der Waals surface area contributed by atoms with Gasteiger partial charge < -0.3 is 11.1 Å². The molecule has 0 fully saturated rings. The summed E-state index contributed by atoms with van der Waals surface area (Å²) in [5, 5.41) is 2.17. The number of halogens is 4. The molecule has 0 unspecified atom stereocenters. The van der Waals surface area contributed by atoms with Crippen LogP contribution in [-0.2, 0) is 0 Å². The van der Waals surface area contributed by atoms with E-state index in [1.165, 1.54) is 12.3 Å². The van der Waals surface area contributed by atoms with Crippen molar-refractivity contribution in [2.75, 3.05) is 17.6 Å². The van der Waals surface area contributed by atoms with Gasteiger partial charge in [0, 0.05) is 0 Å². The molecule has 7 heteroatoms. The number of nitrogens with zero attached hydrogens (tertiary/aromatic N) is 1. The van der Waals surface area contributed by atoms with Crippen molar-refractivity contribution < 1.29 is 17.6 Å². The first-order valence-electron chi connectivity index (χ1n) is 4.45. The third-order valence-corrected chi connectivity index (χ3v) is 1.91. The number of nitrogens with one attached hydrogen (secondary N) is 1. The van der Waals surface area contributed by atoms with E-state index in [0.29, 0.717) is 11.3 Å². The molecule has 0 spiro atoms. The fraction of sp³-hybridized carbons (Fsp3) is 0.444. The van der Waals surface area contributed by atoms with Crippen molar-refractivity contribution in [3.8, 4) is 0 Å². The summed E-state index contributed by atoms with van der Waals surface area (Å²) in [5.41, 5.74) is 6.30. The molecule has 90 valence electrons. The van der Waals surface area contributed by atoms with E-state index >= 15 is 0 Å². The van der Waals surface area contributed by atoms with Gasteiger partial charge in [0.05, 0.1) is 18.4 Å². The van der Waals surface area contributed by atoms with E-state index in [9.17, 15) is 17.6 Å². The highest BCUT2D eigenvalue weighted by molar-refractivity contribution is 5.50. The van der Waals surface area contributed by atoms with Crippen LogP contribution < -0.4 is 11.1 Å². The van der Waals surface area contributed by atoms with Crippen molar-refractivity contribution in [1.29, 1.82) is 0 Å².